The van der Waals surface area contributed by atoms with E-state index in [2.05, 4.69) is 9.97 Å². The second-order valence-corrected chi connectivity index (χ2v) is 2.63. The first-order valence-corrected chi connectivity index (χ1v) is 4.19. The monoisotopic (exact) mass is 206 g/mol. The zero-order chi connectivity index (χ0) is 11.1. The Bertz CT molecular complexity index is 404. The Hall–Kier alpha value is -2.30. The zero-order valence-electron chi connectivity index (χ0n) is 7.81. The van der Waals surface area contributed by atoms with Crippen molar-refractivity contribution in [3.05, 3.63) is 48.0 Å². The number of carbonyl (C=O) groups excluding carboxylic acids is 1. The minimum atomic E-state index is -0.921. The number of hydrogen-bond donors (Lipinski definition) is 3. The van der Waals surface area contributed by atoms with Gasteiger partial charge in [-0.3, -0.25) is 4.79 Å². The molecule has 2 heterocycles. The van der Waals surface area contributed by atoms with Gasteiger partial charge in [0.05, 0.1) is 5.69 Å². The maximum absolute atomic E-state index is 10.0. The molecule has 0 unspecified atom stereocenters. The summed E-state index contributed by atoms with van der Waals surface area (Å²) < 4.78 is 0. The third-order valence-electron chi connectivity index (χ3n) is 1.58. The van der Waals surface area contributed by atoms with Crippen molar-refractivity contribution in [2.45, 2.75) is 0 Å². The molecule has 2 aromatic heterocycles. The fourth-order valence-electron chi connectivity index (χ4n) is 0.881. The summed E-state index contributed by atoms with van der Waals surface area (Å²) in [6.07, 6.45) is 4.06. The van der Waals surface area contributed by atoms with Gasteiger partial charge in [0.15, 0.2) is 6.29 Å². The van der Waals surface area contributed by atoms with E-state index in [9.17, 15) is 9.59 Å². The Morgan fingerprint density at radius 1 is 1.20 bits per heavy atom. The molecule has 15 heavy (non-hydrogen) atoms. The highest BCUT2D eigenvalue weighted by Crippen LogP contribution is 1.91. The smallest absolute Gasteiger partial charge is 0.352 e. The summed E-state index contributed by atoms with van der Waals surface area (Å²) >= 11 is 0. The average Bonchev–Trinajstić information content (AvgIpc) is 2.92. The molecule has 0 fully saturated rings. The van der Waals surface area contributed by atoms with Crippen LogP contribution < -0.4 is 0 Å². The second kappa shape index (κ2) is 5.43. The number of aromatic amines is 2. The van der Waals surface area contributed by atoms with Crippen LogP contribution in [0.4, 0.5) is 0 Å². The van der Waals surface area contributed by atoms with Gasteiger partial charge in [-0.25, -0.2) is 4.79 Å². The molecule has 0 aliphatic rings. The van der Waals surface area contributed by atoms with Gasteiger partial charge in [0.2, 0.25) is 0 Å². The van der Waals surface area contributed by atoms with Gasteiger partial charge in [-0.1, -0.05) is 0 Å². The number of nitrogens with one attached hydrogen (secondary N) is 2. The molecular formula is C10H10N2O3. The predicted molar refractivity (Wildman–Crippen MR) is 53.9 cm³/mol. The van der Waals surface area contributed by atoms with Gasteiger partial charge in [0.1, 0.15) is 5.69 Å². The molecule has 78 valence electrons. The van der Waals surface area contributed by atoms with Crippen LogP contribution in [-0.2, 0) is 0 Å². The van der Waals surface area contributed by atoms with Crippen LogP contribution in [0.25, 0.3) is 0 Å². The molecule has 2 aromatic rings. The molecule has 0 spiro atoms. The fraction of sp³-hybridized carbons (Fsp3) is 0. The number of carbonyl (C=O) groups is 2. The van der Waals surface area contributed by atoms with E-state index in [0.29, 0.717) is 5.69 Å². The number of aromatic carboxylic acids is 1. The lowest BCUT2D eigenvalue weighted by Crippen LogP contribution is -1.94. The van der Waals surface area contributed by atoms with Gasteiger partial charge in [0.25, 0.3) is 0 Å². The summed E-state index contributed by atoms with van der Waals surface area (Å²) in [7, 11) is 0. The summed E-state index contributed by atoms with van der Waals surface area (Å²) in [4.78, 5) is 25.1. The number of rotatable bonds is 2. The van der Waals surface area contributed by atoms with Gasteiger partial charge in [-0.05, 0) is 24.3 Å². The topological polar surface area (TPSA) is 85.9 Å². The Balaban J connectivity index is 0.000000151. The highest BCUT2D eigenvalue weighted by molar-refractivity contribution is 5.85. The average molecular weight is 206 g/mol. The lowest BCUT2D eigenvalue weighted by atomic mass is 10.4. The predicted octanol–water partition coefficient (Wildman–Crippen LogP) is 1.54. The van der Waals surface area contributed by atoms with Gasteiger partial charge in [-0.2, -0.15) is 0 Å². The third-order valence-corrected chi connectivity index (χ3v) is 1.58. The number of hydrogen-bond acceptors (Lipinski definition) is 2. The molecule has 2 rings (SSSR count). The number of H-pyrrole nitrogens is 2. The molecule has 0 aromatic carbocycles. The first-order chi connectivity index (χ1) is 7.24. The Labute approximate surface area is 85.8 Å². The first-order valence-electron chi connectivity index (χ1n) is 4.19. The second-order valence-electron chi connectivity index (χ2n) is 2.63. The van der Waals surface area contributed by atoms with Crippen molar-refractivity contribution in [1.82, 2.24) is 9.97 Å². The third kappa shape index (κ3) is 3.51. The normalized spacial score (nSPS) is 8.80. The van der Waals surface area contributed by atoms with Crippen LogP contribution in [0.1, 0.15) is 21.0 Å². The molecule has 0 atom stereocenters. The van der Waals surface area contributed by atoms with Crippen molar-refractivity contribution >= 4 is 12.3 Å². The molecule has 0 bridgehead atoms. The highest BCUT2D eigenvalue weighted by atomic mass is 16.4. The quantitative estimate of drug-likeness (QED) is 0.651. The van der Waals surface area contributed by atoms with Gasteiger partial charge in [-0.15, -0.1) is 0 Å². The maximum atomic E-state index is 10.0. The van der Waals surface area contributed by atoms with Crippen molar-refractivity contribution in [3.63, 3.8) is 0 Å². The summed E-state index contributed by atoms with van der Waals surface area (Å²) in [5.74, 6) is -0.921. The molecule has 0 amide bonds. The minimum absolute atomic E-state index is 0.227. The summed E-state index contributed by atoms with van der Waals surface area (Å²) in [6, 6.07) is 6.64. The van der Waals surface area contributed by atoms with E-state index < -0.39 is 5.97 Å². The van der Waals surface area contributed by atoms with E-state index >= 15 is 0 Å². The molecule has 0 aliphatic carbocycles. The first kappa shape index (κ1) is 10.8. The van der Waals surface area contributed by atoms with E-state index in [1.165, 1.54) is 6.07 Å². The number of carboxylic acid groups (broad SMARTS) is 1. The standard InChI is InChI=1S/C5H5NO2.C5H5NO/c7-5(8)4-2-1-3-6-4;7-4-5-2-1-3-6-5/h1-3,6H,(H,7,8);1-4,6H. The zero-order valence-corrected chi connectivity index (χ0v) is 7.81. The van der Waals surface area contributed by atoms with E-state index in [-0.39, 0.29) is 5.69 Å². The van der Waals surface area contributed by atoms with E-state index in [0.717, 1.165) is 6.29 Å². The van der Waals surface area contributed by atoms with Crippen molar-refractivity contribution in [2.75, 3.05) is 0 Å². The van der Waals surface area contributed by atoms with Crippen LogP contribution in [0.5, 0.6) is 0 Å². The van der Waals surface area contributed by atoms with Crippen LogP contribution in [0, 0.1) is 0 Å². The van der Waals surface area contributed by atoms with E-state index in [1.807, 2.05) is 0 Å². The van der Waals surface area contributed by atoms with Crippen LogP contribution >= 0.6 is 0 Å². The minimum Gasteiger partial charge on any atom is -0.477 e. The Kier molecular flexibility index (Phi) is 3.91. The molecule has 0 saturated heterocycles. The Morgan fingerprint density at radius 3 is 2.13 bits per heavy atom. The molecule has 0 saturated carbocycles. The number of aromatic nitrogens is 2. The lowest BCUT2D eigenvalue weighted by Gasteiger charge is -1.80. The van der Waals surface area contributed by atoms with E-state index in [4.69, 9.17) is 5.11 Å². The van der Waals surface area contributed by atoms with Crippen molar-refractivity contribution in [1.29, 1.82) is 0 Å². The molecular weight excluding hydrogens is 196 g/mol. The van der Waals surface area contributed by atoms with Gasteiger partial charge >= 0.3 is 5.97 Å². The Morgan fingerprint density at radius 2 is 1.87 bits per heavy atom. The molecule has 0 radical (unpaired) electrons. The summed E-state index contributed by atoms with van der Waals surface area (Å²) in [6.45, 7) is 0. The molecule has 5 heteroatoms. The van der Waals surface area contributed by atoms with Crippen molar-refractivity contribution in [2.24, 2.45) is 0 Å². The van der Waals surface area contributed by atoms with Crippen molar-refractivity contribution < 1.29 is 14.7 Å². The number of carboxylic acids is 1. The van der Waals surface area contributed by atoms with Crippen molar-refractivity contribution in [3.8, 4) is 0 Å². The summed E-state index contributed by atoms with van der Waals surface area (Å²) in [5.41, 5.74) is 0.852. The number of aldehydes is 1. The largest absolute Gasteiger partial charge is 0.477 e. The molecule has 3 N–H and O–H groups in total. The van der Waals surface area contributed by atoms with Gasteiger partial charge in [0, 0.05) is 12.4 Å². The molecule has 0 aliphatic heterocycles. The van der Waals surface area contributed by atoms with E-state index in [1.54, 1.807) is 30.6 Å². The maximum Gasteiger partial charge on any atom is 0.352 e. The molecule has 5 nitrogen and oxygen atoms in total. The van der Waals surface area contributed by atoms with Crippen LogP contribution in [0.15, 0.2) is 36.7 Å². The fourth-order valence-corrected chi connectivity index (χ4v) is 0.881. The highest BCUT2D eigenvalue weighted by Gasteiger charge is 1.98. The van der Waals surface area contributed by atoms with Gasteiger partial charge < -0.3 is 15.1 Å². The lowest BCUT2D eigenvalue weighted by molar-refractivity contribution is 0.0691. The van der Waals surface area contributed by atoms with Crippen LogP contribution in [-0.4, -0.2) is 27.3 Å². The summed E-state index contributed by atoms with van der Waals surface area (Å²) in [5, 5.41) is 8.24. The van der Waals surface area contributed by atoms with Crippen LogP contribution in [0.3, 0.4) is 0 Å². The SMILES string of the molecule is O=C(O)c1ccc[nH]1.O=Cc1ccc[nH]1. The van der Waals surface area contributed by atoms with Crippen LogP contribution in [0.2, 0.25) is 0 Å².